The number of amides is 3. The Hall–Kier alpha value is -1.84. The summed E-state index contributed by atoms with van der Waals surface area (Å²) in [6.07, 6.45) is 5.58. The Morgan fingerprint density at radius 2 is 1.57 bits per heavy atom. The van der Waals surface area contributed by atoms with Gasteiger partial charge in [-0.2, -0.15) is 4.72 Å². The van der Waals surface area contributed by atoms with Crippen molar-refractivity contribution in [2.75, 3.05) is 26.2 Å². The number of piperazine rings is 1. The number of nitrogens with zero attached hydrogens (tertiary/aromatic N) is 2. The summed E-state index contributed by atoms with van der Waals surface area (Å²) in [7, 11) is -3.83. The van der Waals surface area contributed by atoms with Crippen molar-refractivity contribution in [2.24, 2.45) is 0 Å². The zero-order chi connectivity index (χ0) is 21.7. The van der Waals surface area contributed by atoms with Crippen LogP contribution < -0.4 is 10.0 Å². The summed E-state index contributed by atoms with van der Waals surface area (Å²) in [5.41, 5.74) is 0. The van der Waals surface area contributed by atoms with Gasteiger partial charge in [0.2, 0.25) is 15.9 Å². The van der Waals surface area contributed by atoms with E-state index in [0.717, 1.165) is 25.7 Å². The first kappa shape index (κ1) is 22.8. The molecule has 1 saturated carbocycles. The van der Waals surface area contributed by atoms with E-state index in [0.29, 0.717) is 31.2 Å². The second-order valence-electron chi connectivity index (χ2n) is 7.89. The van der Waals surface area contributed by atoms with Gasteiger partial charge in [-0.1, -0.05) is 30.9 Å². The number of carbonyl (C=O) groups is 2. The van der Waals surface area contributed by atoms with Gasteiger partial charge in [0.15, 0.2) is 0 Å². The van der Waals surface area contributed by atoms with E-state index in [1.807, 2.05) is 0 Å². The largest absolute Gasteiger partial charge is 0.338 e. The number of nitrogens with one attached hydrogen (secondary N) is 2. The highest BCUT2D eigenvalue weighted by atomic mass is 35.5. The van der Waals surface area contributed by atoms with Crippen LogP contribution in [0.4, 0.5) is 4.79 Å². The molecule has 2 fully saturated rings. The predicted molar refractivity (Wildman–Crippen MR) is 115 cm³/mol. The van der Waals surface area contributed by atoms with E-state index < -0.39 is 16.1 Å². The SMILES string of the molecule is C[C@H](NS(=O)(=O)c1ccc(Cl)cc1)C(=O)N1CCN(C(=O)NC2CCCCC2)CC1. The van der Waals surface area contributed by atoms with Crippen LogP contribution in [0.5, 0.6) is 0 Å². The molecule has 1 aliphatic heterocycles. The summed E-state index contributed by atoms with van der Waals surface area (Å²) in [6, 6.07) is 5.02. The molecule has 1 aliphatic carbocycles. The lowest BCUT2D eigenvalue weighted by Gasteiger charge is -2.37. The monoisotopic (exact) mass is 456 g/mol. The summed E-state index contributed by atoms with van der Waals surface area (Å²) >= 11 is 5.80. The fraction of sp³-hybridized carbons (Fsp3) is 0.600. The molecule has 1 saturated heterocycles. The Bertz CT molecular complexity index is 848. The van der Waals surface area contributed by atoms with Crippen LogP contribution in [0.2, 0.25) is 5.02 Å². The number of hydrogen-bond donors (Lipinski definition) is 2. The van der Waals surface area contributed by atoms with E-state index in [2.05, 4.69) is 10.0 Å². The van der Waals surface area contributed by atoms with Gasteiger partial charge in [0.05, 0.1) is 10.9 Å². The van der Waals surface area contributed by atoms with Crippen molar-refractivity contribution in [2.45, 2.75) is 56.0 Å². The Morgan fingerprint density at radius 3 is 2.17 bits per heavy atom. The smallest absolute Gasteiger partial charge is 0.317 e. The van der Waals surface area contributed by atoms with E-state index in [-0.39, 0.29) is 22.9 Å². The first-order valence-electron chi connectivity index (χ1n) is 10.4. The summed E-state index contributed by atoms with van der Waals surface area (Å²) in [5, 5.41) is 3.52. The van der Waals surface area contributed by atoms with Gasteiger partial charge in [-0.05, 0) is 44.0 Å². The van der Waals surface area contributed by atoms with Gasteiger partial charge in [0.1, 0.15) is 0 Å². The van der Waals surface area contributed by atoms with Crippen molar-refractivity contribution in [3.63, 3.8) is 0 Å². The molecule has 2 N–H and O–H groups in total. The first-order chi connectivity index (χ1) is 14.3. The molecule has 0 unspecified atom stereocenters. The van der Waals surface area contributed by atoms with Crippen molar-refractivity contribution in [1.82, 2.24) is 19.8 Å². The van der Waals surface area contributed by atoms with Crippen LogP contribution in [-0.4, -0.2) is 68.4 Å². The van der Waals surface area contributed by atoms with Crippen molar-refractivity contribution < 1.29 is 18.0 Å². The number of sulfonamides is 1. The molecule has 3 amide bonds. The number of carbonyl (C=O) groups excluding carboxylic acids is 2. The van der Waals surface area contributed by atoms with Crippen LogP contribution in [0.1, 0.15) is 39.0 Å². The highest BCUT2D eigenvalue weighted by Gasteiger charge is 2.30. The van der Waals surface area contributed by atoms with Gasteiger partial charge in [0.25, 0.3) is 0 Å². The molecule has 0 aromatic heterocycles. The number of halogens is 1. The van der Waals surface area contributed by atoms with Crippen molar-refractivity contribution in [1.29, 1.82) is 0 Å². The molecule has 30 heavy (non-hydrogen) atoms. The summed E-state index contributed by atoms with van der Waals surface area (Å²) in [6.45, 7) is 3.15. The van der Waals surface area contributed by atoms with E-state index in [1.165, 1.54) is 37.6 Å². The minimum Gasteiger partial charge on any atom is -0.338 e. The Morgan fingerprint density at radius 1 is 1.00 bits per heavy atom. The summed E-state index contributed by atoms with van der Waals surface area (Å²) < 4.78 is 27.4. The lowest BCUT2D eigenvalue weighted by molar-refractivity contribution is -0.134. The standard InChI is InChI=1S/C20H29ClN4O4S/c1-15(23-30(28,29)18-9-7-16(21)8-10-18)19(26)24-11-13-25(14-12-24)20(27)22-17-5-3-2-4-6-17/h7-10,15,17,23H,2-6,11-14H2,1H3,(H,22,27)/t15-/m0/s1. The quantitative estimate of drug-likeness (QED) is 0.709. The molecule has 166 valence electrons. The second-order valence-corrected chi connectivity index (χ2v) is 10.0. The molecule has 1 heterocycles. The Labute approximate surface area is 183 Å². The predicted octanol–water partition coefficient (Wildman–Crippen LogP) is 2.19. The third kappa shape index (κ3) is 5.86. The molecule has 1 aromatic carbocycles. The van der Waals surface area contributed by atoms with Crippen LogP contribution in [0.25, 0.3) is 0 Å². The highest BCUT2D eigenvalue weighted by Crippen LogP contribution is 2.18. The maximum Gasteiger partial charge on any atom is 0.317 e. The fourth-order valence-electron chi connectivity index (χ4n) is 3.88. The third-order valence-corrected chi connectivity index (χ3v) is 7.45. The minimum atomic E-state index is -3.83. The molecule has 0 spiro atoms. The molecule has 2 aliphatic rings. The minimum absolute atomic E-state index is 0.0516. The molecular weight excluding hydrogens is 428 g/mol. The number of rotatable bonds is 5. The number of urea groups is 1. The van der Waals surface area contributed by atoms with E-state index in [4.69, 9.17) is 11.6 Å². The summed E-state index contributed by atoms with van der Waals surface area (Å²) in [5.74, 6) is -0.306. The molecular formula is C20H29ClN4O4S. The van der Waals surface area contributed by atoms with Gasteiger partial charge >= 0.3 is 6.03 Å². The normalized spacial score (nSPS) is 19.4. The zero-order valence-corrected chi connectivity index (χ0v) is 18.7. The number of hydrogen-bond acceptors (Lipinski definition) is 4. The fourth-order valence-corrected chi connectivity index (χ4v) is 5.20. The van der Waals surface area contributed by atoms with Crippen molar-refractivity contribution >= 4 is 33.6 Å². The first-order valence-corrected chi connectivity index (χ1v) is 12.2. The van der Waals surface area contributed by atoms with Crippen molar-refractivity contribution in [3.8, 4) is 0 Å². The summed E-state index contributed by atoms with van der Waals surface area (Å²) in [4.78, 5) is 28.5. The van der Waals surface area contributed by atoms with Crippen molar-refractivity contribution in [3.05, 3.63) is 29.3 Å². The third-order valence-electron chi connectivity index (χ3n) is 5.64. The zero-order valence-electron chi connectivity index (χ0n) is 17.1. The lowest BCUT2D eigenvalue weighted by atomic mass is 9.96. The molecule has 1 aromatic rings. The average molecular weight is 457 g/mol. The topological polar surface area (TPSA) is 98.8 Å². The maximum absolute atomic E-state index is 12.7. The molecule has 0 radical (unpaired) electrons. The van der Waals surface area contributed by atoms with E-state index in [9.17, 15) is 18.0 Å². The van der Waals surface area contributed by atoms with Gasteiger partial charge < -0.3 is 15.1 Å². The van der Waals surface area contributed by atoms with E-state index >= 15 is 0 Å². The Balaban J connectivity index is 1.49. The average Bonchev–Trinajstić information content (AvgIpc) is 2.74. The molecule has 3 rings (SSSR count). The van der Waals surface area contributed by atoms with Gasteiger partial charge in [0, 0.05) is 37.2 Å². The van der Waals surface area contributed by atoms with Crippen LogP contribution >= 0.6 is 11.6 Å². The molecule has 0 bridgehead atoms. The van der Waals surface area contributed by atoms with Crippen LogP contribution in [-0.2, 0) is 14.8 Å². The lowest BCUT2D eigenvalue weighted by Crippen LogP contribution is -2.57. The van der Waals surface area contributed by atoms with Crippen LogP contribution in [0.3, 0.4) is 0 Å². The highest BCUT2D eigenvalue weighted by molar-refractivity contribution is 7.89. The second kappa shape index (κ2) is 9.98. The molecule has 10 heteroatoms. The molecule has 1 atom stereocenters. The van der Waals surface area contributed by atoms with Gasteiger partial charge in [-0.3, -0.25) is 4.79 Å². The van der Waals surface area contributed by atoms with E-state index in [1.54, 1.807) is 9.80 Å². The van der Waals surface area contributed by atoms with Gasteiger partial charge in [-0.15, -0.1) is 0 Å². The molecule has 8 nitrogen and oxygen atoms in total. The maximum atomic E-state index is 12.7. The Kier molecular flexibility index (Phi) is 7.60. The van der Waals surface area contributed by atoms with Gasteiger partial charge in [-0.25, -0.2) is 13.2 Å². The number of benzene rings is 1. The van der Waals surface area contributed by atoms with Crippen LogP contribution in [0, 0.1) is 0 Å². The van der Waals surface area contributed by atoms with Crippen LogP contribution in [0.15, 0.2) is 29.2 Å².